The third kappa shape index (κ3) is 3.07. The van der Waals surface area contributed by atoms with Gasteiger partial charge < -0.3 is 9.88 Å². The molecule has 6 nitrogen and oxygen atoms in total. The number of H-pyrrole nitrogens is 2. The van der Waals surface area contributed by atoms with E-state index in [1.165, 1.54) is 0 Å². The molecular formula is C22H21N5O. The first kappa shape index (κ1) is 16.7. The van der Waals surface area contributed by atoms with Gasteiger partial charge in [-0.15, -0.1) is 0 Å². The van der Waals surface area contributed by atoms with E-state index in [0.717, 1.165) is 47.5 Å². The van der Waals surface area contributed by atoms with E-state index in [9.17, 15) is 4.79 Å². The number of amides is 1. The Bertz CT molecular complexity index is 1060. The number of nitrogens with zero attached hydrogens (tertiary/aromatic N) is 3. The summed E-state index contributed by atoms with van der Waals surface area (Å²) in [4.78, 5) is 23.1. The predicted octanol–water partition coefficient (Wildman–Crippen LogP) is 3.97. The number of nitrogens with one attached hydrogen (secondary N) is 2. The molecule has 1 aliphatic rings. The molecule has 2 N–H and O–H groups in total. The second kappa shape index (κ2) is 6.96. The molecule has 0 radical (unpaired) electrons. The normalized spacial score (nSPS) is 17.1. The van der Waals surface area contributed by atoms with Gasteiger partial charge in [-0.25, -0.2) is 4.98 Å². The van der Waals surface area contributed by atoms with Crippen LogP contribution in [0.1, 0.15) is 34.9 Å². The maximum atomic E-state index is 13.0. The fraction of sp³-hybridized carbons (Fsp3) is 0.227. The Labute approximate surface area is 162 Å². The van der Waals surface area contributed by atoms with Crippen molar-refractivity contribution in [2.24, 2.45) is 0 Å². The van der Waals surface area contributed by atoms with Crippen molar-refractivity contribution in [3.63, 3.8) is 0 Å². The summed E-state index contributed by atoms with van der Waals surface area (Å²) in [6.07, 6.45) is 3.75. The van der Waals surface area contributed by atoms with Crippen LogP contribution in [0.3, 0.4) is 0 Å². The lowest BCUT2D eigenvalue weighted by Crippen LogP contribution is -2.39. The number of imidazole rings is 1. The molecule has 6 heteroatoms. The lowest BCUT2D eigenvalue weighted by molar-refractivity contribution is 0.0705. The summed E-state index contributed by atoms with van der Waals surface area (Å²) < 4.78 is 0. The maximum absolute atomic E-state index is 13.0. The molecule has 1 aliphatic heterocycles. The highest BCUT2D eigenvalue weighted by Gasteiger charge is 2.27. The van der Waals surface area contributed by atoms with Crippen LogP contribution >= 0.6 is 0 Å². The van der Waals surface area contributed by atoms with Crippen molar-refractivity contribution >= 4 is 16.9 Å². The second-order valence-corrected chi connectivity index (χ2v) is 7.28. The minimum Gasteiger partial charge on any atom is -0.342 e. The van der Waals surface area contributed by atoms with Gasteiger partial charge in [0.15, 0.2) is 0 Å². The lowest BCUT2D eigenvalue weighted by Gasteiger charge is -2.32. The third-order valence-corrected chi connectivity index (χ3v) is 5.45. The van der Waals surface area contributed by atoms with Crippen LogP contribution in [0.5, 0.6) is 0 Å². The first-order valence-corrected chi connectivity index (χ1v) is 9.62. The van der Waals surface area contributed by atoms with Crippen LogP contribution in [0.2, 0.25) is 0 Å². The zero-order valence-corrected chi connectivity index (χ0v) is 15.4. The highest BCUT2D eigenvalue weighted by molar-refractivity contribution is 5.94. The Morgan fingerprint density at radius 3 is 2.71 bits per heavy atom. The minimum atomic E-state index is 0.0805. The maximum Gasteiger partial charge on any atom is 0.253 e. The van der Waals surface area contributed by atoms with E-state index in [2.05, 4.69) is 15.2 Å². The number of benzene rings is 2. The molecule has 3 heterocycles. The van der Waals surface area contributed by atoms with E-state index in [1.54, 1.807) is 6.20 Å². The van der Waals surface area contributed by atoms with Gasteiger partial charge in [-0.05, 0) is 48.7 Å². The molecule has 2 aromatic carbocycles. The zero-order chi connectivity index (χ0) is 18.9. The molecule has 1 atom stereocenters. The molecule has 0 bridgehead atoms. The van der Waals surface area contributed by atoms with E-state index >= 15 is 0 Å². The summed E-state index contributed by atoms with van der Waals surface area (Å²) in [6, 6.07) is 17.7. The quantitative estimate of drug-likeness (QED) is 0.572. The standard InChI is InChI=1S/C22H21N5O/c28-22(16-9-7-15(8-10-16)18-11-12-23-26-18)27-13-3-4-17(14-27)21-24-19-5-1-2-6-20(19)25-21/h1-2,5-12,17H,3-4,13-14H2,(H,23,26)(H,24,25)/t17-/m0/s1. The summed E-state index contributed by atoms with van der Waals surface area (Å²) in [7, 11) is 0. The van der Waals surface area contributed by atoms with E-state index < -0.39 is 0 Å². The molecule has 0 saturated carbocycles. The molecule has 28 heavy (non-hydrogen) atoms. The van der Waals surface area contributed by atoms with Crippen LogP contribution in [0, 0.1) is 0 Å². The van der Waals surface area contributed by atoms with Crippen molar-refractivity contribution in [1.82, 2.24) is 25.1 Å². The zero-order valence-electron chi connectivity index (χ0n) is 15.4. The van der Waals surface area contributed by atoms with Crippen LogP contribution in [0.4, 0.5) is 0 Å². The smallest absolute Gasteiger partial charge is 0.253 e. The van der Waals surface area contributed by atoms with Crippen molar-refractivity contribution in [2.75, 3.05) is 13.1 Å². The number of para-hydroxylation sites is 2. The van der Waals surface area contributed by atoms with Gasteiger partial charge in [0.2, 0.25) is 0 Å². The first-order chi connectivity index (χ1) is 13.8. The molecule has 1 amide bonds. The molecule has 4 aromatic rings. The number of fused-ring (bicyclic) bond motifs is 1. The van der Waals surface area contributed by atoms with E-state index in [4.69, 9.17) is 4.98 Å². The molecule has 140 valence electrons. The third-order valence-electron chi connectivity index (χ3n) is 5.45. The van der Waals surface area contributed by atoms with Gasteiger partial charge in [0, 0.05) is 30.8 Å². The van der Waals surface area contributed by atoms with Crippen molar-refractivity contribution in [3.8, 4) is 11.3 Å². The molecule has 0 spiro atoms. The van der Waals surface area contributed by atoms with Gasteiger partial charge in [0.25, 0.3) is 5.91 Å². The van der Waals surface area contributed by atoms with Crippen molar-refractivity contribution in [2.45, 2.75) is 18.8 Å². The lowest BCUT2D eigenvalue weighted by atomic mass is 9.96. The monoisotopic (exact) mass is 371 g/mol. The van der Waals surface area contributed by atoms with Crippen molar-refractivity contribution in [3.05, 3.63) is 72.2 Å². The Balaban J connectivity index is 1.33. The van der Waals surface area contributed by atoms with Crippen molar-refractivity contribution < 1.29 is 4.79 Å². The highest BCUT2D eigenvalue weighted by atomic mass is 16.2. The minimum absolute atomic E-state index is 0.0805. The summed E-state index contributed by atoms with van der Waals surface area (Å²) in [6.45, 7) is 1.48. The molecule has 2 aromatic heterocycles. The number of carbonyl (C=O) groups excluding carboxylic acids is 1. The van der Waals surface area contributed by atoms with Gasteiger partial charge in [0.1, 0.15) is 5.82 Å². The van der Waals surface area contributed by atoms with E-state index in [1.807, 2.05) is 59.5 Å². The average Bonchev–Trinajstić information content (AvgIpc) is 3.43. The van der Waals surface area contributed by atoms with Crippen molar-refractivity contribution in [1.29, 1.82) is 0 Å². The molecular weight excluding hydrogens is 350 g/mol. The number of hydrogen-bond donors (Lipinski definition) is 2. The number of rotatable bonds is 3. The molecule has 5 rings (SSSR count). The summed E-state index contributed by atoms with van der Waals surface area (Å²) in [5.41, 5.74) is 4.72. The molecule has 1 fully saturated rings. The largest absolute Gasteiger partial charge is 0.342 e. The highest BCUT2D eigenvalue weighted by Crippen LogP contribution is 2.28. The number of hydrogen-bond acceptors (Lipinski definition) is 3. The van der Waals surface area contributed by atoms with Crippen LogP contribution in [0.15, 0.2) is 60.8 Å². The number of aromatic nitrogens is 4. The predicted molar refractivity (Wildman–Crippen MR) is 108 cm³/mol. The van der Waals surface area contributed by atoms with Crippen LogP contribution in [-0.4, -0.2) is 44.1 Å². The summed E-state index contributed by atoms with van der Waals surface area (Å²) >= 11 is 0. The van der Waals surface area contributed by atoms with Gasteiger partial charge in [-0.2, -0.15) is 5.10 Å². The fourth-order valence-corrected chi connectivity index (χ4v) is 3.94. The molecule has 0 aliphatic carbocycles. The van der Waals surface area contributed by atoms with Gasteiger partial charge >= 0.3 is 0 Å². The Hall–Kier alpha value is -3.41. The molecule has 0 unspecified atom stereocenters. The average molecular weight is 371 g/mol. The first-order valence-electron chi connectivity index (χ1n) is 9.62. The summed E-state index contributed by atoms with van der Waals surface area (Å²) in [5.74, 6) is 1.31. The van der Waals surface area contributed by atoms with Crippen LogP contribution in [0.25, 0.3) is 22.3 Å². The van der Waals surface area contributed by atoms with E-state index in [-0.39, 0.29) is 11.8 Å². The topological polar surface area (TPSA) is 77.7 Å². The van der Waals surface area contributed by atoms with Gasteiger partial charge in [-0.1, -0.05) is 24.3 Å². The number of carbonyl (C=O) groups is 1. The Morgan fingerprint density at radius 1 is 1.07 bits per heavy atom. The van der Waals surface area contributed by atoms with Gasteiger partial charge in [0.05, 0.1) is 16.7 Å². The fourth-order valence-electron chi connectivity index (χ4n) is 3.94. The SMILES string of the molecule is O=C(c1ccc(-c2ccn[nH]2)cc1)N1CCC[C@H](c2nc3ccccc3[nH]2)C1. The number of likely N-dealkylation sites (tertiary alicyclic amines) is 1. The van der Waals surface area contributed by atoms with Gasteiger partial charge in [-0.3, -0.25) is 9.89 Å². The molecule has 1 saturated heterocycles. The van der Waals surface area contributed by atoms with Crippen LogP contribution < -0.4 is 0 Å². The number of piperidine rings is 1. The van der Waals surface area contributed by atoms with E-state index in [0.29, 0.717) is 12.1 Å². The van der Waals surface area contributed by atoms with Crippen LogP contribution in [-0.2, 0) is 0 Å². The number of aromatic amines is 2. The Kier molecular flexibility index (Phi) is 4.16. The Morgan fingerprint density at radius 2 is 1.93 bits per heavy atom. The summed E-state index contributed by atoms with van der Waals surface area (Å²) in [5, 5.41) is 6.92. The second-order valence-electron chi connectivity index (χ2n) is 7.28.